The SMILES string of the molecule is CNCCCC(=O)Nc1cccc(-c2ccnc(C)n2)c1. The average Bonchev–Trinajstić information content (AvgIpc) is 2.48. The van der Waals surface area contributed by atoms with Crippen LogP contribution < -0.4 is 10.6 Å². The van der Waals surface area contributed by atoms with Crippen molar-refractivity contribution in [3.05, 3.63) is 42.4 Å². The summed E-state index contributed by atoms with van der Waals surface area (Å²) in [5, 5.41) is 5.94. The molecule has 0 atom stereocenters. The Hall–Kier alpha value is -2.27. The van der Waals surface area contributed by atoms with Gasteiger partial charge in [0.2, 0.25) is 5.91 Å². The minimum Gasteiger partial charge on any atom is -0.326 e. The maximum atomic E-state index is 11.8. The van der Waals surface area contributed by atoms with Gasteiger partial charge in [0.1, 0.15) is 5.82 Å². The van der Waals surface area contributed by atoms with Crippen LogP contribution in [0.4, 0.5) is 5.69 Å². The van der Waals surface area contributed by atoms with Gasteiger partial charge in [-0.1, -0.05) is 12.1 Å². The molecule has 2 rings (SSSR count). The molecule has 1 amide bonds. The third-order valence-electron chi connectivity index (χ3n) is 3.05. The fourth-order valence-electron chi connectivity index (χ4n) is 2.02. The van der Waals surface area contributed by atoms with Crippen molar-refractivity contribution in [1.29, 1.82) is 0 Å². The fourth-order valence-corrected chi connectivity index (χ4v) is 2.02. The lowest BCUT2D eigenvalue weighted by Crippen LogP contribution is -2.15. The number of carbonyl (C=O) groups excluding carboxylic acids is 1. The molecule has 110 valence electrons. The number of hydrogen-bond acceptors (Lipinski definition) is 4. The summed E-state index contributed by atoms with van der Waals surface area (Å²) in [7, 11) is 1.88. The Morgan fingerprint density at radius 1 is 1.29 bits per heavy atom. The lowest BCUT2D eigenvalue weighted by Gasteiger charge is -2.07. The molecule has 0 saturated heterocycles. The third kappa shape index (κ3) is 4.65. The third-order valence-corrected chi connectivity index (χ3v) is 3.05. The van der Waals surface area contributed by atoms with E-state index in [0.717, 1.165) is 35.7 Å². The Balaban J connectivity index is 2.06. The summed E-state index contributed by atoms with van der Waals surface area (Å²) in [5.74, 6) is 0.760. The molecule has 0 aliphatic heterocycles. The van der Waals surface area contributed by atoms with Crippen LogP contribution in [0.25, 0.3) is 11.3 Å². The van der Waals surface area contributed by atoms with Gasteiger partial charge in [-0.05, 0) is 45.1 Å². The maximum absolute atomic E-state index is 11.8. The molecule has 5 heteroatoms. The Morgan fingerprint density at radius 3 is 2.90 bits per heavy atom. The molecule has 0 aliphatic carbocycles. The summed E-state index contributed by atoms with van der Waals surface area (Å²) in [6.07, 6.45) is 3.07. The zero-order valence-electron chi connectivity index (χ0n) is 12.4. The quantitative estimate of drug-likeness (QED) is 0.799. The first kappa shape index (κ1) is 15.1. The average molecular weight is 284 g/mol. The second kappa shape index (κ2) is 7.50. The number of amides is 1. The molecule has 21 heavy (non-hydrogen) atoms. The minimum atomic E-state index is 0.0290. The van der Waals surface area contributed by atoms with E-state index in [-0.39, 0.29) is 5.91 Å². The normalized spacial score (nSPS) is 10.4. The number of rotatable bonds is 6. The van der Waals surface area contributed by atoms with E-state index in [1.54, 1.807) is 6.20 Å². The number of anilines is 1. The van der Waals surface area contributed by atoms with Gasteiger partial charge in [0.15, 0.2) is 0 Å². The summed E-state index contributed by atoms with van der Waals surface area (Å²) < 4.78 is 0. The molecule has 2 N–H and O–H groups in total. The number of carbonyl (C=O) groups is 1. The van der Waals surface area contributed by atoms with Crippen molar-refractivity contribution in [3.8, 4) is 11.3 Å². The highest BCUT2D eigenvalue weighted by atomic mass is 16.1. The van der Waals surface area contributed by atoms with Crippen LogP contribution in [-0.2, 0) is 4.79 Å². The van der Waals surface area contributed by atoms with Gasteiger partial charge in [-0.15, -0.1) is 0 Å². The molecule has 1 heterocycles. The van der Waals surface area contributed by atoms with Crippen molar-refractivity contribution in [2.24, 2.45) is 0 Å². The first-order chi connectivity index (χ1) is 10.2. The first-order valence-corrected chi connectivity index (χ1v) is 7.03. The summed E-state index contributed by atoms with van der Waals surface area (Å²) in [6, 6.07) is 9.56. The van der Waals surface area contributed by atoms with E-state index < -0.39 is 0 Å². The highest BCUT2D eigenvalue weighted by molar-refractivity contribution is 5.91. The molecule has 1 aromatic heterocycles. The number of nitrogens with one attached hydrogen (secondary N) is 2. The predicted molar refractivity (Wildman–Crippen MR) is 84.0 cm³/mol. The molecule has 2 aromatic rings. The van der Waals surface area contributed by atoms with Gasteiger partial charge in [0.25, 0.3) is 0 Å². The molecule has 1 aromatic carbocycles. The molecule has 0 bridgehead atoms. The molecular formula is C16H20N4O. The van der Waals surface area contributed by atoms with E-state index in [1.807, 2.05) is 44.3 Å². The Morgan fingerprint density at radius 2 is 2.14 bits per heavy atom. The van der Waals surface area contributed by atoms with E-state index in [4.69, 9.17) is 0 Å². The van der Waals surface area contributed by atoms with Gasteiger partial charge in [-0.3, -0.25) is 4.79 Å². The summed E-state index contributed by atoms with van der Waals surface area (Å²) in [4.78, 5) is 20.3. The zero-order valence-corrected chi connectivity index (χ0v) is 12.4. The van der Waals surface area contributed by atoms with Crippen LogP contribution in [0.15, 0.2) is 36.5 Å². The second-order valence-electron chi connectivity index (χ2n) is 4.83. The van der Waals surface area contributed by atoms with E-state index in [0.29, 0.717) is 6.42 Å². The Kier molecular flexibility index (Phi) is 5.40. The molecule has 0 aliphatic rings. The van der Waals surface area contributed by atoms with Gasteiger partial charge < -0.3 is 10.6 Å². The van der Waals surface area contributed by atoms with Crippen LogP contribution in [0.3, 0.4) is 0 Å². The minimum absolute atomic E-state index is 0.0290. The molecule has 0 fully saturated rings. The molecule has 0 unspecified atom stereocenters. The molecule has 0 saturated carbocycles. The smallest absolute Gasteiger partial charge is 0.224 e. The topological polar surface area (TPSA) is 66.9 Å². The highest BCUT2D eigenvalue weighted by Gasteiger charge is 2.05. The molecule has 0 spiro atoms. The number of hydrogen-bond donors (Lipinski definition) is 2. The van der Waals surface area contributed by atoms with Crippen molar-refractivity contribution in [3.63, 3.8) is 0 Å². The van der Waals surface area contributed by atoms with Crippen LogP contribution in [0, 0.1) is 6.92 Å². The van der Waals surface area contributed by atoms with Crippen LogP contribution in [0.5, 0.6) is 0 Å². The van der Waals surface area contributed by atoms with Crippen LogP contribution >= 0.6 is 0 Å². The predicted octanol–water partition coefficient (Wildman–Crippen LogP) is 2.39. The number of aryl methyl sites for hydroxylation is 1. The standard InChI is InChI=1S/C16H20N4O/c1-12-18-10-8-15(19-12)13-5-3-6-14(11-13)20-16(21)7-4-9-17-2/h3,5-6,8,10-11,17H,4,7,9H2,1-2H3,(H,20,21). The van der Waals surface area contributed by atoms with E-state index in [9.17, 15) is 4.79 Å². The fraction of sp³-hybridized carbons (Fsp3) is 0.312. The summed E-state index contributed by atoms with van der Waals surface area (Å²) >= 11 is 0. The monoisotopic (exact) mass is 284 g/mol. The van der Waals surface area contributed by atoms with Crippen molar-refractivity contribution in [1.82, 2.24) is 15.3 Å². The van der Waals surface area contributed by atoms with Gasteiger partial charge in [-0.25, -0.2) is 9.97 Å². The van der Waals surface area contributed by atoms with Crippen molar-refractivity contribution < 1.29 is 4.79 Å². The van der Waals surface area contributed by atoms with Crippen LogP contribution in [-0.4, -0.2) is 29.5 Å². The van der Waals surface area contributed by atoms with Crippen molar-refractivity contribution in [2.75, 3.05) is 18.9 Å². The highest BCUT2D eigenvalue weighted by Crippen LogP contribution is 2.20. The van der Waals surface area contributed by atoms with Gasteiger partial charge >= 0.3 is 0 Å². The number of benzene rings is 1. The van der Waals surface area contributed by atoms with Gasteiger partial charge in [0.05, 0.1) is 5.69 Å². The van der Waals surface area contributed by atoms with Crippen molar-refractivity contribution >= 4 is 11.6 Å². The Bertz CT molecular complexity index is 613. The lowest BCUT2D eigenvalue weighted by atomic mass is 10.1. The summed E-state index contributed by atoms with van der Waals surface area (Å²) in [6.45, 7) is 2.70. The lowest BCUT2D eigenvalue weighted by molar-refractivity contribution is -0.116. The van der Waals surface area contributed by atoms with E-state index in [1.165, 1.54) is 0 Å². The maximum Gasteiger partial charge on any atom is 0.224 e. The largest absolute Gasteiger partial charge is 0.326 e. The second-order valence-corrected chi connectivity index (χ2v) is 4.83. The molecule has 5 nitrogen and oxygen atoms in total. The Labute approximate surface area is 124 Å². The van der Waals surface area contributed by atoms with Crippen LogP contribution in [0.1, 0.15) is 18.7 Å². The zero-order chi connectivity index (χ0) is 15.1. The van der Waals surface area contributed by atoms with Gasteiger partial charge in [-0.2, -0.15) is 0 Å². The van der Waals surface area contributed by atoms with Crippen molar-refractivity contribution in [2.45, 2.75) is 19.8 Å². The first-order valence-electron chi connectivity index (χ1n) is 7.03. The number of aromatic nitrogens is 2. The molecular weight excluding hydrogens is 264 g/mol. The van der Waals surface area contributed by atoms with Gasteiger partial charge in [0, 0.05) is 23.9 Å². The van der Waals surface area contributed by atoms with E-state index in [2.05, 4.69) is 20.6 Å². The van der Waals surface area contributed by atoms with Crippen LogP contribution in [0.2, 0.25) is 0 Å². The number of nitrogens with zero attached hydrogens (tertiary/aromatic N) is 2. The molecule has 0 radical (unpaired) electrons. The summed E-state index contributed by atoms with van der Waals surface area (Å²) in [5.41, 5.74) is 2.61. The van der Waals surface area contributed by atoms with E-state index >= 15 is 0 Å².